The van der Waals surface area contributed by atoms with Crippen molar-refractivity contribution in [1.82, 2.24) is 0 Å². The van der Waals surface area contributed by atoms with Crippen LogP contribution in [0.2, 0.25) is 0 Å². The number of nitrogen functional groups attached to an aromatic ring is 1. The molecule has 0 aliphatic carbocycles. The second-order valence-electron chi connectivity index (χ2n) is 12.9. The number of carbonyl (C=O) groups is 2. The Morgan fingerprint density at radius 2 is 0.841 bits per heavy atom. The third-order valence-corrected chi connectivity index (χ3v) is 8.60. The van der Waals surface area contributed by atoms with Crippen LogP contribution in [0.4, 0.5) is 90.4 Å². The highest BCUT2D eigenvalue weighted by molar-refractivity contribution is 6.05. The van der Waals surface area contributed by atoms with Gasteiger partial charge in [-0.15, -0.1) is 0 Å². The lowest BCUT2D eigenvalue weighted by atomic mass is 9.90. The smallest absolute Gasteiger partial charge is 0.435 e. The molecule has 4 aromatic carbocycles. The van der Waals surface area contributed by atoms with Gasteiger partial charge >= 0.3 is 42.0 Å². The molecule has 4 rings (SSSR count). The molecule has 7 nitrogen and oxygen atoms in total. The largest absolute Gasteiger partial charge is 0.478 e. The van der Waals surface area contributed by atoms with Gasteiger partial charge in [0.05, 0.1) is 22.3 Å². The molecular formula is C38H24F18N4O3. The minimum atomic E-state index is -6.32. The molecule has 25 heteroatoms. The molecule has 0 fully saturated rings. The van der Waals surface area contributed by atoms with Gasteiger partial charge in [-0.2, -0.15) is 63.2 Å². The van der Waals surface area contributed by atoms with Crippen LogP contribution in [-0.4, -0.2) is 41.7 Å². The molecule has 0 saturated carbocycles. The second-order valence-corrected chi connectivity index (χ2v) is 12.9. The van der Waals surface area contributed by atoms with Crippen LogP contribution in [0.25, 0.3) is 0 Å². The molecule has 0 heterocycles. The predicted octanol–water partition coefficient (Wildman–Crippen LogP) is 11.7. The number of hydrogen-bond acceptors (Lipinski definition) is 5. The summed E-state index contributed by atoms with van der Waals surface area (Å²) in [5.41, 5.74) is -13.0. The van der Waals surface area contributed by atoms with E-state index in [-0.39, 0.29) is 34.6 Å². The van der Waals surface area contributed by atoms with Crippen LogP contribution >= 0.6 is 0 Å². The molecule has 0 aromatic heterocycles. The number of carbonyl (C=O) groups excluding carboxylic acids is 1. The molecule has 0 bridgehead atoms. The topological polar surface area (TPSA) is 140 Å². The number of carboxylic acids is 1. The number of nitriles is 2. The first kappa shape index (κ1) is 52.5. The Morgan fingerprint density at radius 1 is 0.540 bits per heavy atom. The first-order valence-electron chi connectivity index (χ1n) is 16.4. The summed E-state index contributed by atoms with van der Waals surface area (Å²) < 4.78 is 234. The molecule has 0 radical (unpaired) electrons. The number of halogens is 18. The number of benzene rings is 4. The SMILES string of the molecule is Cc1cc(C(F)(C(F)(F)F)C(F)(F)F)cc(C)c1N.Cc1cc(C(F)(C(F)(F)F)C(F)(F)F)cc(C)c1NC(=O)c1ccc(C#N)c(F)c1F.N#Cc1ccc(C(=O)O)c(F)c1F. The number of aromatic carboxylic acids is 1. The Bertz CT molecular complexity index is 2420. The number of nitrogens with zero attached hydrogens (tertiary/aromatic N) is 2. The molecule has 0 spiro atoms. The fourth-order valence-electron chi connectivity index (χ4n) is 5.30. The van der Waals surface area contributed by atoms with E-state index in [1.54, 1.807) is 0 Å². The van der Waals surface area contributed by atoms with E-state index in [1.807, 2.05) is 5.32 Å². The predicted molar refractivity (Wildman–Crippen MR) is 183 cm³/mol. The first-order chi connectivity index (χ1) is 28.5. The molecule has 4 aromatic rings. The normalized spacial score (nSPS) is 12.2. The first-order valence-corrected chi connectivity index (χ1v) is 16.4. The van der Waals surface area contributed by atoms with Gasteiger partial charge in [0.15, 0.2) is 23.3 Å². The van der Waals surface area contributed by atoms with Gasteiger partial charge in [0.25, 0.3) is 5.91 Å². The Kier molecular flexibility index (Phi) is 15.3. The zero-order chi connectivity index (χ0) is 49.2. The molecule has 0 aliphatic rings. The van der Waals surface area contributed by atoms with Crippen LogP contribution in [0.5, 0.6) is 0 Å². The molecular weight excluding hydrogens is 902 g/mol. The van der Waals surface area contributed by atoms with Crippen molar-refractivity contribution >= 4 is 23.3 Å². The standard InChI is InChI=1S/C19H11F9N2O.C11H10F7N.C8H3F2NO2/c1-8-5-11(17(22,18(23,24)25)19(26,27)28)6-9(2)15(8)30-16(31)12-4-3-10(7-29)13(20)14(12)21;1-5-3-7(4-6(2)8(5)19)9(12,10(13,14)15)11(16,17)18;9-6-4(3-11)1-2-5(7(6)10)8(12)13/h3-6H,1-2H3,(H,30,31);3-4H,19H2,1-2H3;1-2H,(H,12,13). The highest BCUT2D eigenvalue weighted by Gasteiger charge is 2.74. The molecule has 0 unspecified atom stereocenters. The van der Waals surface area contributed by atoms with Crippen molar-refractivity contribution in [3.63, 3.8) is 0 Å². The van der Waals surface area contributed by atoms with E-state index < -0.39 is 116 Å². The van der Waals surface area contributed by atoms with E-state index in [1.165, 1.54) is 26.0 Å². The van der Waals surface area contributed by atoms with Crippen molar-refractivity contribution in [2.75, 3.05) is 11.1 Å². The fraction of sp³-hybridized carbons (Fsp3) is 0.263. The zero-order valence-electron chi connectivity index (χ0n) is 31.7. The highest BCUT2D eigenvalue weighted by Crippen LogP contribution is 2.55. The number of alkyl halides is 14. The Labute approximate surface area is 341 Å². The lowest BCUT2D eigenvalue weighted by Crippen LogP contribution is -2.50. The van der Waals surface area contributed by atoms with Gasteiger partial charge in [0.2, 0.25) is 0 Å². The monoisotopic (exact) mass is 926 g/mol. The van der Waals surface area contributed by atoms with Gasteiger partial charge in [-0.3, -0.25) is 4.79 Å². The average molecular weight is 927 g/mol. The number of anilines is 2. The van der Waals surface area contributed by atoms with Gasteiger partial charge in [-0.25, -0.2) is 31.1 Å². The number of amides is 1. The summed E-state index contributed by atoms with van der Waals surface area (Å²) in [7, 11) is 0. The van der Waals surface area contributed by atoms with E-state index in [0.29, 0.717) is 12.1 Å². The maximum atomic E-state index is 14.3. The molecule has 1 amide bonds. The number of aryl methyl sites for hydroxylation is 4. The maximum absolute atomic E-state index is 14.3. The Morgan fingerprint density at radius 3 is 1.14 bits per heavy atom. The van der Waals surface area contributed by atoms with Crippen LogP contribution in [-0.2, 0) is 11.3 Å². The number of rotatable bonds is 5. The summed E-state index contributed by atoms with van der Waals surface area (Å²) in [4.78, 5) is 22.5. The van der Waals surface area contributed by atoms with Crippen LogP contribution in [0.15, 0.2) is 48.5 Å². The molecule has 340 valence electrons. The molecule has 4 N–H and O–H groups in total. The summed E-state index contributed by atoms with van der Waals surface area (Å²) in [6.07, 6.45) is -24.9. The van der Waals surface area contributed by atoms with Gasteiger partial charge < -0.3 is 16.2 Å². The minimum Gasteiger partial charge on any atom is -0.478 e. The van der Waals surface area contributed by atoms with E-state index in [0.717, 1.165) is 38.1 Å². The Balaban J connectivity index is 0.000000361. The number of nitrogens with one attached hydrogen (secondary N) is 1. The summed E-state index contributed by atoms with van der Waals surface area (Å²) in [6.45, 7) is 4.40. The van der Waals surface area contributed by atoms with Gasteiger partial charge in [-0.1, -0.05) is 24.3 Å². The van der Waals surface area contributed by atoms with Crippen molar-refractivity contribution in [3.05, 3.63) is 127 Å². The fourth-order valence-corrected chi connectivity index (χ4v) is 5.30. The summed E-state index contributed by atoms with van der Waals surface area (Å²) in [5.74, 6) is -9.09. The second kappa shape index (κ2) is 18.4. The highest BCUT2D eigenvalue weighted by atomic mass is 19.4. The van der Waals surface area contributed by atoms with E-state index >= 15 is 0 Å². The van der Waals surface area contributed by atoms with Gasteiger partial charge in [0.1, 0.15) is 12.1 Å². The van der Waals surface area contributed by atoms with Crippen molar-refractivity contribution in [2.24, 2.45) is 0 Å². The lowest BCUT2D eigenvalue weighted by molar-refractivity contribution is -0.349. The van der Waals surface area contributed by atoms with Crippen LogP contribution < -0.4 is 11.1 Å². The van der Waals surface area contributed by atoms with Crippen molar-refractivity contribution in [1.29, 1.82) is 10.5 Å². The lowest BCUT2D eigenvalue weighted by Gasteiger charge is -2.31. The molecule has 0 atom stereocenters. The summed E-state index contributed by atoms with van der Waals surface area (Å²) in [6, 6.07) is 7.50. The van der Waals surface area contributed by atoms with Crippen molar-refractivity contribution < 1.29 is 93.7 Å². The quantitative estimate of drug-likeness (QED) is 0.134. The van der Waals surface area contributed by atoms with Crippen LogP contribution in [0, 0.1) is 73.6 Å². The average Bonchev–Trinajstić information content (AvgIpc) is 3.14. The summed E-state index contributed by atoms with van der Waals surface area (Å²) >= 11 is 0. The third-order valence-electron chi connectivity index (χ3n) is 8.60. The minimum absolute atomic E-state index is 0.0236. The number of hydrogen-bond donors (Lipinski definition) is 3. The third kappa shape index (κ3) is 10.3. The van der Waals surface area contributed by atoms with Crippen LogP contribution in [0.3, 0.4) is 0 Å². The Hall–Kier alpha value is -6.66. The molecule has 63 heavy (non-hydrogen) atoms. The van der Waals surface area contributed by atoms with E-state index in [2.05, 4.69) is 0 Å². The van der Waals surface area contributed by atoms with Crippen LogP contribution in [0.1, 0.15) is 65.2 Å². The van der Waals surface area contributed by atoms with Crippen molar-refractivity contribution in [2.45, 2.75) is 63.7 Å². The maximum Gasteiger partial charge on any atom is 0.435 e. The van der Waals surface area contributed by atoms with Gasteiger partial charge in [0, 0.05) is 22.5 Å². The molecule has 0 saturated heterocycles. The number of nitrogens with two attached hydrogens (primary N) is 1. The zero-order valence-corrected chi connectivity index (χ0v) is 31.7. The number of carboxylic acid groups (broad SMARTS) is 1. The molecule has 0 aliphatic heterocycles. The summed E-state index contributed by atoms with van der Waals surface area (Å²) in [5, 5.41) is 27.3. The van der Waals surface area contributed by atoms with E-state index in [9.17, 15) is 88.6 Å². The van der Waals surface area contributed by atoms with E-state index in [4.69, 9.17) is 21.4 Å². The van der Waals surface area contributed by atoms with Gasteiger partial charge in [-0.05, 0) is 74.2 Å². The van der Waals surface area contributed by atoms with Crippen molar-refractivity contribution in [3.8, 4) is 12.1 Å².